The zero-order valence-electron chi connectivity index (χ0n) is 19.7. The Kier molecular flexibility index (Phi) is 5.38. The number of aromatic nitrogens is 2. The van der Waals surface area contributed by atoms with Crippen LogP contribution in [-0.2, 0) is 5.41 Å². The van der Waals surface area contributed by atoms with E-state index in [1.54, 1.807) is 29.9 Å². The average Bonchev–Trinajstić information content (AvgIpc) is 3.27. The molecule has 35 heavy (non-hydrogen) atoms. The van der Waals surface area contributed by atoms with E-state index < -0.39 is 6.61 Å². The van der Waals surface area contributed by atoms with Crippen LogP contribution in [0.4, 0.5) is 14.5 Å². The van der Waals surface area contributed by atoms with Crippen molar-refractivity contribution >= 4 is 11.6 Å². The number of aryl methyl sites for hydroxylation is 1. The maximum Gasteiger partial charge on any atom is 0.387 e. The van der Waals surface area contributed by atoms with Gasteiger partial charge in [-0.3, -0.25) is 4.79 Å². The van der Waals surface area contributed by atoms with Crippen LogP contribution in [-0.4, -0.2) is 22.3 Å². The molecule has 1 heterocycles. The van der Waals surface area contributed by atoms with Crippen LogP contribution in [0.25, 0.3) is 5.69 Å². The van der Waals surface area contributed by atoms with Gasteiger partial charge < -0.3 is 10.1 Å². The molecule has 4 aliphatic rings. The minimum atomic E-state index is -2.98. The fourth-order valence-electron chi connectivity index (χ4n) is 7.16. The van der Waals surface area contributed by atoms with Crippen LogP contribution in [0.3, 0.4) is 0 Å². The van der Waals surface area contributed by atoms with Crippen molar-refractivity contribution in [3.05, 3.63) is 71.5 Å². The lowest BCUT2D eigenvalue weighted by atomic mass is 9.48. The fraction of sp³-hybridized carbons (Fsp3) is 0.429. The summed E-state index contributed by atoms with van der Waals surface area (Å²) in [6.45, 7) is -1.19. The monoisotopic (exact) mass is 477 g/mol. The number of ether oxygens (including phenoxy) is 1. The van der Waals surface area contributed by atoms with Gasteiger partial charge in [0, 0.05) is 11.6 Å². The number of benzene rings is 2. The predicted octanol–water partition coefficient (Wildman–Crippen LogP) is 6.50. The zero-order valence-corrected chi connectivity index (χ0v) is 19.7. The van der Waals surface area contributed by atoms with Crippen molar-refractivity contribution in [1.82, 2.24) is 9.78 Å². The smallest absolute Gasteiger partial charge is 0.387 e. The summed E-state index contributed by atoms with van der Waals surface area (Å²) in [7, 11) is 0. The summed E-state index contributed by atoms with van der Waals surface area (Å²) < 4.78 is 32.5. The van der Waals surface area contributed by atoms with Crippen LogP contribution in [0.5, 0.6) is 5.75 Å². The molecule has 4 aliphatic carbocycles. The molecule has 4 bridgehead atoms. The molecular weight excluding hydrogens is 448 g/mol. The maximum absolute atomic E-state index is 13.7. The molecule has 3 aromatic rings. The van der Waals surface area contributed by atoms with Gasteiger partial charge in [0.25, 0.3) is 5.91 Å². The minimum absolute atomic E-state index is 0.0415. The second kappa shape index (κ2) is 8.47. The number of halogens is 2. The Morgan fingerprint density at radius 2 is 1.71 bits per heavy atom. The Labute approximate surface area is 203 Å². The summed E-state index contributed by atoms with van der Waals surface area (Å²) in [5.74, 6) is 1.70. The number of amides is 1. The number of carbonyl (C=O) groups is 1. The van der Waals surface area contributed by atoms with Crippen molar-refractivity contribution in [3.63, 3.8) is 0 Å². The number of hydrogen-bond donors (Lipinski definition) is 1. The van der Waals surface area contributed by atoms with Crippen molar-refractivity contribution in [2.45, 2.75) is 57.5 Å². The molecular formula is C28H29F2N3O2. The Morgan fingerprint density at radius 1 is 1.06 bits per heavy atom. The van der Waals surface area contributed by atoms with Crippen molar-refractivity contribution in [3.8, 4) is 11.4 Å². The Balaban J connectivity index is 1.40. The molecule has 0 saturated heterocycles. The van der Waals surface area contributed by atoms with Gasteiger partial charge in [0.1, 0.15) is 5.75 Å². The van der Waals surface area contributed by atoms with Gasteiger partial charge in [-0.25, -0.2) is 4.68 Å². The molecule has 1 amide bonds. The summed E-state index contributed by atoms with van der Waals surface area (Å²) in [5.41, 5.74) is 3.14. The summed E-state index contributed by atoms with van der Waals surface area (Å²) in [5, 5.41) is 7.87. The van der Waals surface area contributed by atoms with Gasteiger partial charge in [-0.1, -0.05) is 24.3 Å². The molecule has 4 saturated carbocycles. The van der Waals surface area contributed by atoms with E-state index in [9.17, 15) is 13.6 Å². The summed E-state index contributed by atoms with van der Waals surface area (Å²) in [6.07, 6.45) is 8.86. The number of nitrogens with zero attached hydrogens (tertiary/aromatic N) is 2. The lowest BCUT2D eigenvalue weighted by Gasteiger charge is -2.56. The third-order valence-corrected chi connectivity index (χ3v) is 8.12. The minimum Gasteiger partial charge on any atom is -0.433 e. The van der Waals surface area contributed by atoms with Crippen molar-refractivity contribution in [2.24, 2.45) is 17.8 Å². The zero-order chi connectivity index (χ0) is 24.2. The summed E-state index contributed by atoms with van der Waals surface area (Å²) in [6, 6.07) is 14.7. The highest BCUT2D eigenvalue weighted by Crippen LogP contribution is 2.61. The van der Waals surface area contributed by atoms with Gasteiger partial charge in [-0.15, -0.1) is 0 Å². The lowest BCUT2D eigenvalue weighted by molar-refractivity contribution is -0.0494. The van der Waals surface area contributed by atoms with E-state index in [0.29, 0.717) is 23.3 Å². The number of anilines is 1. The van der Waals surface area contributed by atoms with Gasteiger partial charge in [0.2, 0.25) is 0 Å². The van der Waals surface area contributed by atoms with E-state index in [1.165, 1.54) is 25.3 Å². The van der Waals surface area contributed by atoms with Gasteiger partial charge in [0.05, 0.1) is 22.6 Å². The van der Waals surface area contributed by atoms with Gasteiger partial charge in [-0.05, 0) is 93.0 Å². The third-order valence-electron chi connectivity index (χ3n) is 8.12. The second-order valence-corrected chi connectivity index (χ2v) is 10.7. The Morgan fingerprint density at radius 3 is 2.34 bits per heavy atom. The van der Waals surface area contributed by atoms with Gasteiger partial charge in [-0.2, -0.15) is 13.9 Å². The van der Waals surface area contributed by atoms with Crippen molar-refractivity contribution in [2.75, 3.05) is 5.32 Å². The van der Waals surface area contributed by atoms with E-state index in [0.717, 1.165) is 36.2 Å². The van der Waals surface area contributed by atoms with E-state index in [-0.39, 0.29) is 22.8 Å². The largest absolute Gasteiger partial charge is 0.433 e. The highest BCUT2D eigenvalue weighted by molar-refractivity contribution is 6.06. The van der Waals surface area contributed by atoms with Crippen LogP contribution in [0.2, 0.25) is 0 Å². The number of rotatable bonds is 6. The lowest BCUT2D eigenvalue weighted by Crippen LogP contribution is -2.49. The normalized spacial score (nSPS) is 26.8. The number of para-hydroxylation sites is 1. The molecule has 5 nitrogen and oxygen atoms in total. The first-order valence-corrected chi connectivity index (χ1v) is 12.4. The quantitative estimate of drug-likeness (QED) is 0.441. The van der Waals surface area contributed by atoms with Crippen molar-refractivity contribution < 1.29 is 18.3 Å². The van der Waals surface area contributed by atoms with E-state index in [1.807, 2.05) is 30.3 Å². The second-order valence-electron chi connectivity index (χ2n) is 10.7. The molecule has 2 aromatic carbocycles. The SMILES string of the molecule is Cc1ccc(NC(=O)c2cn(-c3ccccc3)nc2C23CC4CC(CC(C4)C2)C3)c(OC(F)F)c1. The van der Waals surface area contributed by atoms with E-state index in [2.05, 4.69) is 5.32 Å². The van der Waals surface area contributed by atoms with Crippen LogP contribution in [0.15, 0.2) is 54.7 Å². The van der Waals surface area contributed by atoms with E-state index >= 15 is 0 Å². The molecule has 1 aromatic heterocycles. The predicted molar refractivity (Wildman–Crippen MR) is 129 cm³/mol. The van der Waals surface area contributed by atoms with Crippen LogP contribution >= 0.6 is 0 Å². The molecule has 0 spiro atoms. The fourth-order valence-corrected chi connectivity index (χ4v) is 7.16. The number of nitrogens with one attached hydrogen (secondary N) is 1. The topological polar surface area (TPSA) is 56.2 Å². The van der Waals surface area contributed by atoms with E-state index in [4.69, 9.17) is 9.84 Å². The molecule has 0 radical (unpaired) electrons. The summed E-state index contributed by atoms with van der Waals surface area (Å²) >= 11 is 0. The third kappa shape index (κ3) is 4.11. The molecule has 7 rings (SSSR count). The first-order valence-electron chi connectivity index (χ1n) is 12.4. The maximum atomic E-state index is 13.7. The average molecular weight is 478 g/mol. The molecule has 0 atom stereocenters. The van der Waals surface area contributed by atoms with Gasteiger partial charge in [0.15, 0.2) is 0 Å². The molecule has 4 fully saturated rings. The number of carbonyl (C=O) groups excluding carboxylic acids is 1. The highest BCUT2D eigenvalue weighted by Gasteiger charge is 2.54. The Bertz CT molecular complexity index is 1220. The molecule has 0 aliphatic heterocycles. The molecule has 7 heteroatoms. The van der Waals surface area contributed by atoms with Gasteiger partial charge >= 0.3 is 6.61 Å². The molecule has 0 unspecified atom stereocenters. The molecule has 182 valence electrons. The molecule has 1 N–H and O–H groups in total. The van der Waals surface area contributed by atoms with Crippen molar-refractivity contribution in [1.29, 1.82) is 0 Å². The van der Waals surface area contributed by atoms with Crippen LogP contribution in [0, 0.1) is 24.7 Å². The highest BCUT2D eigenvalue weighted by atomic mass is 19.3. The first-order chi connectivity index (χ1) is 16.9. The number of alkyl halides is 2. The Hall–Kier alpha value is -3.22. The first kappa shape index (κ1) is 22.3. The number of hydrogen-bond acceptors (Lipinski definition) is 3. The van der Waals surface area contributed by atoms with Crippen LogP contribution < -0.4 is 10.1 Å². The van der Waals surface area contributed by atoms with Crippen LogP contribution in [0.1, 0.15) is 60.1 Å². The summed E-state index contributed by atoms with van der Waals surface area (Å²) in [4.78, 5) is 13.7. The standard InChI is InChI=1S/C28H29F2N3O2/c1-17-7-8-23(24(9-17)35-27(29)30)31-26(34)22-16-33(21-5-3-2-4-6-21)32-25(22)28-13-18-10-19(14-28)12-20(11-18)15-28/h2-9,16,18-20,27H,10-15H2,1H3,(H,31,34).